The summed E-state index contributed by atoms with van der Waals surface area (Å²) in [5.41, 5.74) is 5.65. The van der Waals surface area contributed by atoms with Crippen molar-refractivity contribution in [1.82, 2.24) is 10.3 Å². The van der Waals surface area contributed by atoms with Crippen LogP contribution in [-0.2, 0) is 0 Å². The van der Waals surface area contributed by atoms with E-state index in [-0.39, 0.29) is 11.7 Å². The molecule has 0 spiro atoms. The Morgan fingerprint density at radius 3 is 2.94 bits per heavy atom. The second kappa shape index (κ2) is 6.41. The van der Waals surface area contributed by atoms with Crippen LogP contribution in [0.25, 0.3) is 0 Å². The number of nitrogens with two attached hydrogens (primary N) is 1. The first-order chi connectivity index (χ1) is 8.04. The van der Waals surface area contributed by atoms with Crippen molar-refractivity contribution < 1.29 is 9.90 Å². The van der Waals surface area contributed by atoms with Gasteiger partial charge in [0.25, 0.3) is 5.91 Å². The number of aromatic nitrogens is 1. The van der Waals surface area contributed by atoms with Gasteiger partial charge in [0, 0.05) is 13.1 Å². The van der Waals surface area contributed by atoms with Crippen molar-refractivity contribution in [1.29, 1.82) is 0 Å². The van der Waals surface area contributed by atoms with Gasteiger partial charge in [-0.15, -0.1) is 0 Å². The summed E-state index contributed by atoms with van der Waals surface area (Å²) in [7, 11) is 0. The Hall–Kier alpha value is -1.34. The zero-order valence-corrected chi connectivity index (χ0v) is 10.8. The van der Waals surface area contributed by atoms with Crippen molar-refractivity contribution in [3.63, 3.8) is 0 Å². The Morgan fingerprint density at radius 2 is 2.35 bits per heavy atom. The van der Waals surface area contributed by atoms with E-state index in [0.29, 0.717) is 23.0 Å². The van der Waals surface area contributed by atoms with Crippen LogP contribution in [0.2, 0.25) is 0 Å². The first kappa shape index (κ1) is 13.7. The third-order valence-corrected chi connectivity index (χ3v) is 3.06. The molecular formula is C10H18N4O2S. The number of aliphatic hydroxyl groups is 1. The number of rotatable bonds is 6. The van der Waals surface area contributed by atoms with E-state index < -0.39 is 6.10 Å². The molecule has 0 saturated carbocycles. The molecule has 1 unspecified atom stereocenters. The topological polar surface area (TPSA) is 100 Å². The summed E-state index contributed by atoms with van der Waals surface area (Å²) >= 11 is 1.23. The first-order valence-electron chi connectivity index (χ1n) is 5.51. The summed E-state index contributed by atoms with van der Waals surface area (Å²) in [6, 6.07) is 0. The molecule has 0 fully saturated rings. The number of hydrogen-bond acceptors (Lipinski definition) is 6. The maximum absolute atomic E-state index is 11.7. The highest BCUT2D eigenvalue weighted by Gasteiger charge is 2.15. The van der Waals surface area contributed by atoms with Crippen LogP contribution in [0.1, 0.15) is 29.9 Å². The lowest BCUT2D eigenvalue weighted by atomic mass is 10.3. The molecule has 1 heterocycles. The van der Waals surface area contributed by atoms with Crippen molar-refractivity contribution in [2.75, 3.05) is 24.1 Å². The van der Waals surface area contributed by atoms with Crippen LogP contribution in [0.4, 0.5) is 10.9 Å². The van der Waals surface area contributed by atoms with Crippen LogP contribution in [0, 0.1) is 0 Å². The molecule has 1 rings (SSSR count). The van der Waals surface area contributed by atoms with Crippen molar-refractivity contribution >= 4 is 28.2 Å². The van der Waals surface area contributed by atoms with Gasteiger partial charge >= 0.3 is 0 Å². The fraction of sp³-hybridized carbons (Fsp3) is 0.600. The van der Waals surface area contributed by atoms with Crippen LogP contribution in [0.3, 0.4) is 0 Å². The Morgan fingerprint density at radius 1 is 1.65 bits per heavy atom. The van der Waals surface area contributed by atoms with E-state index in [1.165, 1.54) is 11.3 Å². The maximum Gasteiger partial charge on any atom is 0.265 e. The zero-order chi connectivity index (χ0) is 12.8. The van der Waals surface area contributed by atoms with E-state index in [1.807, 2.05) is 6.92 Å². The van der Waals surface area contributed by atoms with Gasteiger partial charge in [0.1, 0.15) is 10.7 Å². The van der Waals surface area contributed by atoms with Gasteiger partial charge < -0.3 is 21.5 Å². The Balaban J connectivity index is 2.56. The highest BCUT2D eigenvalue weighted by atomic mass is 32.1. The van der Waals surface area contributed by atoms with Crippen molar-refractivity contribution in [2.24, 2.45) is 0 Å². The number of nitrogens with one attached hydrogen (secondary N) is 2. The molecule has 0 saturated heterocycles. The van der Waals surface area contributed by atoms with E-state index in [1.54, 1.807) is 6.92 Å². The predicted octanol–water partition coefficient (Wildman–Crippen LogP) is 0.658. The zero-order valence-electron chi connectivity index (χ0n) is 9.99. The third kappa shape index (κ3) is 4.20. The molecule has 7 heteroatoms. The monoisotopic (exact) mass is 258 g/mol. The summed E-state index contributed by atoms with van der Waals surface area (Å²) in [5, 5.41) is 15.4. The number of amides is 1. The second-order valence-electron chi connectivity index (χ2n) is 3.66. The van der Waals surface area contributed by atoms with Gasteiger partial charge in [-0.2, -0.15) is 0 Å². The van der Waals surface area contributed by atoms with Gasteiger partial charge in [-0.3, -0.25) is 4.79 Å². The van der Waals surface area contributed by atoms with Gasteiger partial charge in [0.2, 0.25) is 0 Å². The number of nitrogen functional groups attached to an aromatic ring is 1. The number of carbonyl (C=O) groups is 1. The number of aliphatic hydroxyl groups excluding tert-OH is 1. The molecule has 0 bridgehead atoms. The van der Waals surface area contributed by atoms with E-state index in [2.05, 4.69) is 15.6 Å². The van der Waals surface area contributed by atoms with Gasteiger partial charge in [-0.05, 0) is 20.3 Å². The lowest BCUT2D eigenvalue weighted by molar-refractivity contribution is 0.0950. The quantitative estimate of drug-likeness (QED) is 0.600. The molecule has 0 radical (unpaired) electrons. The highest BCUT2D eigenvalue weighted by molar-refractivity contribution is 7.18. The molecule has 96 valence electrons. The predicted molar refractivity (Wildman–Crippen MR) is 69.3 cm³/mol. The number of hydrogen-bond donors (Lipinski definition) is 4. The largest absolute Gasteiger partial charge is 0.393 e. The summed E-state index contributed by atoms with van der Waals surface area (Å²) in [6.07, 6.45) is 0.0938. The molecule has 0 aliphatic heterocycles. The molecule has 0 aromatic carbocycles. The van der Waals surface area contributed by atoms with E-state index in [9.17, 15) is 4.79 Å². The Labute approximate surface area is 104 Å². The van der Waals surface area contributed by atoms with Crippen molar-refractivity contribution in [3.05, 3.63) is 4.88 Å². The van der Waals surface area contributed by atoms with Crippen LogP contribution in [0.5, 0.6) is 0 Å². The minimum atomic E-state index is -0.425. The minimum absolute atomic E-state index is 0.237. The van der Waals surface area contributed by atoms with Crippen LogP contribution in [-0.4, -0.2) is 35.2 Å². The van der Waals surface area contributed by atoms with Crippen LogP contribution < -0.4 is 16.4 Å². The Bertz CT molecular complexity index is 378. The molecule has 1 amide bonds. The molecule has 1 aromatic heterocycles. The summed E-state index contributed by atoms with van der Waals surface area (Å²) in [4.78, 5) is 16.2. The van der Waals surface area contributed by atoms with Crippen molar-refractivity contribution in [2.45, 2.75) is 26.4 Å². The number of anilines is 2. The molecule has 17 heavy (non-hydrogen) atoms. The number of thiazole rings is 1. The summed E-state index contributed by atoms with van der Waals surface area (Å²) < 4.78 is 0. The maximum atomic E-state index is 11.7. The summed E-state index contributed by atoms with van der Waals surface area (Å²) in [5.74, 6) is -0.00898. The molecule has 0 aliphatic carbocycles. The molecule has 0 aliphatic rings. The fourth-order valence-corrected chi connectivity index (χ4v) is 2.07. The molecular weight excluding hydrogens is 240 g/mol. The van der Waals surface area contributed by atoms with E-state index in [0.717, 1.165) is 6.54 Å². The van der Waals surface area contributed by atoms with E-state index in [4.69, 9.17) is 10.8 Å². The fourth-order valence-electron chi connectivity index (χ4n) is 1.20. The van der Waals surface area contributed by atoms with Gasteiger partial charge in [-0.25, -0.2) is 4.98 Å². The normalized spacial score (nSPS) is 12.2. The van der Waals surface area contributed by atoms with Crippen molar-refractivity contribution in [3.8, 4) is 0 Å². The smallest absolute Gasteiger partial charge is 0.265 e. The van der Waals surface area contributed by atoms with E-state index >= 15 is 0 Å². The minimum Gasteiger partial charge on any atom is -0.393 e. The average molecular weight is 258 g/mol. The highest BCUT2D eigenvalue weighted by Crippen LogP contribution is 2.24. The Kier molecular flexibility index (Phi) is 5.17. The SMILES string of the molecule is CCNc1nc(N)c(C(=O)NCCC(C)O)s1. The lowest BCUT2D eigenvalue weighted by Gasteiger charge is -2.05. The number of carbonyl (C=O) groups excluding carboxylic acids is 1. The number of nitrogens with zero attached hydrogens (tertiary/aromatic N) is 1. The lowest BCUT2D eigenvalue weighted by Crippen LogP contribution is -2.26. The first-order valence-corrected chi connectivity index (χ1v) is 6.32. The molecule has 6 nitrogen and oxygen atoms in total. The van der Waals surface area contributed by atoms with Crippen LogP contribution >= 0.6 is 11.3 Å². The molecule has 1 aromatic rings. The van der Waals surface area contributed by atoms with Gasteiger partial charge in [-0.1, -0.05) is 11.3 Å². The third-order valence-electron chi connectivity index (χ3n) is 2.04. The molecule has 1 atom stereocenters. The van der Waals surface area contributed by atoms with Crippen LogP contribution in [0.15, 0.2) is 0 Å². The standard InChI is InChI=1S/C10H18N4O2S/c1-3-12-10-14-8(11)7(17-10)9(16)13-5-4-6(2)15/h6,15H,3-5,11H2,1-2H3,(H,12,14)(H,13,16). The van der Waals surface area contributed by atoms with Gasteiger partial charge in [0.05, 0.1) is 6.10 Å². The second-order valence-corrected chi connectivity index (χ2v) is 4.66. The average Bonchev–Trinajstić information content (AvgIpc) is 2.59. The molecule has 5 N–H and O–H groups in total. The summed E-state index contributed by atoms with van der Waals surface area (Å²) in [6.45, 7) is 4.77. The van der Waals surface area contributed by atoms with Gasteiger partial charge in [0.15, 0.2) is 5.13 Å².